The van der Waals surface area contributed by atoms with Crippen LogP contribution in [0.3, 0.4) is 0 Å². The number of carboxylic acids is 1. The zero-order chi connectivity index (χ0) is 22.5. The average molecular weight is 470 g/mol. The van der Waals surface area contributed by atoms with Crippen molar-refractivity contribution in [2.24, 2.45) is 11.7 Å². The van der Waals surface area contributed by atoms with Gasteiger partial charge in [0.05, 0.1) is 23.5 Å². The van der Waals surface area contributed by atoms with Crippen LogP contribution in [0.5, 0.6) is 0 Å². The first kappa shape index (κ1) is 26.3. The highest BCUT2D eigenvalue weighted by Gasteiger charge is 2.33. The Balaban J connectivity index is 5.51. The summed E-state index contributed by atoms with van der Waals surface area (Å²) in [6, 6.07) is -4.10. The third-order valence-corrected chi connectivity index (χ3v) is 5.38. The Hall–Kier alpha value is -1.70. The first-order chi connectivity index (χ1) is 12.3. The van der Waals surface area contributed by atoms with Crippen molar-refractivity contribution in [3.05, 3.63) is 0 Å². The first-order valence-corrected chi connectivity index (χ1v) is 11.8. The van der Waals surface area contributed by atoms with Gasteiger partial charge in [-0.3, -0.25) is 23.2 Å². The molecule has 0 fully saturated rings. The maximum Gasteiger partial charge on any atom is 0.327 e. The molecule has 18 heteroatoms. The van der Waals surface area contributed by atoms with E-state index in [0.29, 0.717) is 0 Å². The van der Waals surface area contributed by atoms with Crippen LogP contribution in [-0.4, -0.2) is 91.0 Å². The van der Waals surface area contributed by atoms with Gasteiger partial charge in [0, 0.05) is 6.42 Å². The molecule has 0 spiro atoms. The summed E-state index contributed by atoms with van der Waals surface area (Å²) in [5.74, 6) is -10.8. The number of carboxylic acid groups (broad SMARTS) is 1. The number of rotatable bonds is 12. The number of hydrogen-bond donors (Lipinski definition) is 6. The number of Topliss-reactive ketones (excluding diaryl/α,β-unsaturated/α-hetero) is 1. The van der Waals surface area contributed by atoms with E-state index < -0.39 is 89.7 Å². The van der Waals surface area contributed by atoms with Crippen LogP contribution in [0.1, 0.15) is 6.42 Å². The largest absolute Gasteiger partial charge is 0.480 e. The Kier molecular flexibility index (Phi) is 9.09. The normalized spacial score (nSPS) is 16.0. The molecule has 15 nitrogen and oxygen atoms in total. The molecule has 0 aliphatic carbocycles. The van der Waals surface area contributed by atoms with Gasteiger partial charge in [-0.15, -0.1) is 0 Å². The lowest BCUT2D eigenvalue weighted by Crippen LogP contribution is -2.49. The van der Waals surface area contributed by atoms with E-state index in [9.17, 15) is 39.6 Å². The molecule has 0 radical (unpaired) electrons. The van der Waals surface area contributed by atoms with E-state index in [1.165, 1.54) is 0 Å². The minimum atomic E-state index is -4.90. The third-order valence-electron chi connectivity index (χ3n) is 3.03. The van der Waals surface area contributed by atoms with Crippen molar-refractivity contribution in [1.82, 2.24) is 5.32 Å². The Bertz CT molecular complexity index is 922. The standard InChI is InChI=1S/C10H18N2O13S3/c11-6(3-27(20,21)22)8(13)1-5(2-26(17,18)19)9(14)12-7(10(15)16)4-28(23,24)25/h5-7H,1-4,11H2,(H,12,14)(H,15,16)(H,17,18,19)(H,20,21,22)(H,23,24,25). The van der Waals surface area contributed by atoms with Gasteiger partial charge in [-0.1, -0.05) is 0 Å². The van der Waals surface area contributed by atoms with Crippen molar-refractivity contribution in [3.8, 4) is 0 Å². The number of amides is 1. The molecule has 0 aliphatic rings. The molecular weight excluding hydrogens is 452 g/mol. The second-order valence-corrected chi connectivity index (χ2v) is 10.1. The van der Waals surface area contributed by atoms with Gasteiger partial charge < -0.3 is 16.2 Å². The summed E-state index contributed by atoms with van der Waals surface area (Å²) < 4.78 is 91.2. The highest BCUT2D eigenvalue weighted by Crippen LogP contribution is 2.11. The molecule has 0 aromatic rings. The van der Waals surface area contributed by atoms with Crippen molar-refractivity contribution < 1.29 is 58.4 Å². The minimum absolute atomic E-state index is 1.10. The van der Waals surface area contributed by atoms with Crippen LogP contribution in [0.15, 0.2) is 0 Å². The zero-order valence-corrected chi connectivity index (χ0v) is 16.3. The highest BCUT2D eigenvalue weighted by atomic mass is 32.2. The molecule has 0 aliphatic heterocycles. The molecule has 0 saturated heterocycles. The Labute approximate surface area is 159 Å². The van der Waals surface area contributed by atoms with Crippen LogP contribution in [0, 0.1) is 5.92 Å². The van der Waals surface area contributed by atoms with Crippen molar-refractivity contribution in [2.75, 3.05) is 17.3 Å². The molecule has 0 bridgehead atoms. The Morgan fingerprint density at radius 3 is 1.61 bits per heavy atom. The fourth-order valence-electron chi connectivity index (χ4n) is 1.87. The summed E-state index contributed by atoms with van der Waals surface area (Å²) >= 11 is 0. The number of ketones is 1. The number of carbonyl (C=O) groups is 3. The van der Waals surface area contributed by atoms with Gasteiger partial charge >= 0.3 is 5.97 Å². The molecular formula is C10H18N2O13S3. The van der Waals surface area contributed by atoms with E-state index in [0.717, 1.165) is 0 Å². The number of nitrogens with one attached hydrogen (secondary N) is 1. The van der Waals surface area contributed by atoms with E-state index in [1.807, 2.05) is 0 Å². The minimum Gasteiger partial charge on any atom is -0.480 e. The van der Waals surface area contributed by atoms with E-state index in [4.69, 9.17) is 24.5 Å². The summed E-state index contributed by atoms with van der Waals surface area (Å²) in [7, 11) is -14.5. The fraction of sp³-hybridized carbons (Fsp3) is 0.700. The lowest BCUT2D eigenvalue weighted by molar-refractivity contribution is -0.141. The van der Waals surface area contributed by atoms with E-state index >= 15 is 0 Å². The number of carbonyl (C=O) groups excluding carboxylic acids is 2. The van der Waals surface area contributed by atoms with Gasteiger partial charge in [-0.2, -0.15) is 25.3 Å². The molecule has 0 aromatic heterocycles. The van der Waals surface area contributed by atoms with Gasteiger partial charge in [0.1, 0.15) is 11.8 Å². The molecule has 3 unspecified atom stereocenters. The van der Waals surface area contributed by atoms with Crippen molar-refractivity contribution in [3.63, 3.8) is 0 Å². The van der Waals surface area contributed by atoms with Crippen LogP contribution in [-0.2, 0) is 44.7 Å². The number of aliphatic carboxylic acids is 1. The predicted octanol–water partition coefficient (Wildman–Crippen LogP) is -3.88. The van der Waals surface area contributed by atoms with Crippen LogP contribution in [0.2, 0.25) is 0 Å². The smallest absolute Gasteiger partial charge is 0.327 e. The molecule has 0 saturated carbocycles. The molecule has 0 rings (SSSR count). The SMILES string of the molecule is NC(CS(=O)(=O)O)C(=O)CC(CS(=O)(=O)O)C(=O)NC(CS(=O)(=O)O)C(=O)O. The van der Waals surface area contributed by atoms with Crippen molar-refractivity contribution in [2.45, 2.75) is 18.5 Å². The topological polar surface area (TPSA) is 273 Å². The molecule has 7 N–H and O–H groups in total. The lowest BCUT2D eigenvalue weighted by atomic mass is 10.00. The maximum atomic E-state index is 12.1. The third kappa shape index (κ3) is 11.9. The quantitative estimate of drug-likeness (QED) is 0.149. The summed E-state index contributed by atoms with van der Waals surface area (Å²) in [6.07, 6.45) is -1.10. The lowest BCUT2D eigenvalue weighted by Gasteiger charge is -2.19. The number of hydrogen-bond acceptors (Lipinski definition) is 10. The molecule has 0 aromatic carbocycles. The summed E-state index contributed by atoms with van der Waals surface area (Å²) in [5, 5.41) is 10.4. The molecule has 1 amide bonds. The van der Waals surface area contributed by atoms with Crippen LogP contribution in [0.4, 0.5) is 0 Å². The molecule has 0 heterocycles. The van der Waals surface area contributed by atoms with Crippen LogP contribution < -0.4 is 11.1 Å². The first-order valence-electron chi connectivity index (χ1n) is 6.97. The second kappa shape index (κ2) is 9.67. The van der Waals surface area contributed by atoms with Gasteiger partial charge in [0.15, 0.2) is 5.78 Å². The zero-order valence-electron chi connectivity index (χ0n) is 13.8. The van der Waals surface area contributed by atoms with Gasteiger partial charge in [0.25, 0.3) is 30.4 Å². The Morgan fingerprint density at radius 2 is 1.25 bits per heavy atom. The predicted molar refractivity (Wildman–Crippen MR) is 89.9 cm³/mol. The summed E-state index contributed by atoms with van der Waals surface area (Å²) in [4.78, 5) is 34.9. The second-order valence-electron chi connectivity index (χ2n) is 5.62. The van der Waals surface area contributed by atoms with E-state index in [-0.39, 0.29) is 0 Å². The molecule has 28 heavy (non-hydrogen) atoms. The van der Waals surface area contributed by atoms with Gasteiger partial charge in [-0.25, -0.2) is 4.79 Å². The molecule has 3 atom stereocenters. The highest BCUT2D eigenvalue weighted by molar-refractivity contribution is 7.86. The Morgan fingerprint density at radius 1 is 0.821 bits per heavy atom. The van der Waals surface area contributed by atoms with E-state index in [1.54, 1.807) is 5.32 Å². The van der Waals surface area contributed by atoms with Gasteiger partial charge in [0.2, 0.25) is 5.91 Å². The summed E-state index contributed by atoms with van der Waals surface area (Å²) in [6.45, 7) is 0. The maximum absolute atomic E-state index is 12.1. The summed E-state index contributed by atoms with van der Waals surface area (Å²) in [5.41, 5.74) is 5.21. The van der Waals surface area contributed by atoms with Crippen molar-refractivity contribution >= 4 is 48.0 Å². The van der Waals surface area contributed by atoms with E-state index in [2.05, 4.69) is 0 Å². The monoisotopic (exact) mass is 470 g/mol. The van der Waals surface area contributed by atoms with Crippen molar-refractivity contribution in [1.29, 1.82) is 0 Å². The average Bonchev–Trinajstić information content (AvgIpc) is 2.40. The van der Waals surface area contributed by atoms with Gasteiger partial charge in [-0.05, 0) is 0 Å². The fourth-order valence-corrected chi connectivity index (χ4v) is 3.94. The number of nitrogens with two attached hydrogens (primary N) is 1. The van der Waals surface area contributed by atoms with Crippen LogP contribution in [0.25, 0.3) is 0 Å². The molecule has 164 valence electrons. The van der Waals surface area contributed by atoms with Crippen LogP contribution >= 0.6 is 0 Å².